The molecule has 0 spiro atoms. The molecule has 2 heterocycles. The minimum atomic E-state index is -0.0840. The first kappa shape index (κ1) is 12.1. The van der Waals surface area contributed by atoms with E-state index in [2.05, 4.69) is 20.5 Å². The molecule has 19 heavy (non-hydrogen) atoms. The number of nitrogens with zero attached hydrogens (tertiary/aromatic N) is 4. The predicted molar refractivity (Wildman–Crippen MR) is 76.0 cm³/mol. The number of nitrogens with one attached hydrogen (secondary N) is 1. The molecule has 0 fully saturated rings. The first-order valence-electron chi connectivity index (χ1n) is 5.89. The molecule has 1 aromatic rings. The maximum absolute atomic E-state index is 5.87. The lowest BCUT2D eigenvalue weighted by atomic mass is 10.1. The summed E-state index contributed by atoms with van der Waals surface area (Å²) >= 11 is 5.87. The van der Waals surface area contributed by atoms with E-state index < -0.39 is 0 Å². The Hall–Kier alpha value is -1.92. The first-order valence-corrected chi connectivity index (χ1v) is 6.27. The topological polar surface area (TPSA) is 78.4 Å². The number of aliphatic imine (C=N–C) groups is 2. The molecule has 6 nitrogen and oxygen atoms in total. The SMILES string of the molecule is NNC1=NC=N[C@H]2[C@H]1C=NN2Cc1ccc(Cl)cc1. The number of amidine groups is 1. The Labute approximate surface area is 115 Å². The van der Waals surface area contributed by atoms with Crippen molar-refractivity contribution in [2.45, 2.75) is 12.7 Å². The smallest absolute Gasteiger partial charge is 0.154 e. The van der Waals surface area contributed by atoms with Crippen LogP contribution in [-0.2, 0) is 6.54 Å². The third-order valence-electron chi connectivity index (χ3n) is 3.14. The van der Waals surface area contributed by atoms with Crippen LogP contribution in [0.4, 0.5) is 0 Å². The summed E-state index contributed by atoms with van der Waals surface area (Å²) in [7, 11) is 0. The van der Waals surface area contributed by atoms with Gasteiger partial charge in [-0.25, -0.2) is 15.8 Å². The van der Waals surface area contributed by atoms with Crippen molar-refractivity contribution in [3.8, 4) is 0 Å². The maximum atomic E-state index is 5.87. The lowest BCUT2D eigenvalue weighted by molar-refractivity contribution is 0.213. The molecule has 2 aliphatic heterocycles. The first-order chi connectivity index (χ1) is 9.28. The quantitative estimate of drug-likeness (QED) is 0.624. The molecule has 0 saturated heterocycles. The summed E-state index contributed by atoms with van der Waals surface area (Å²) in [5.74, 6) is 6.11. The Balaban J connectivity index is 1.75. The lowest BCUT2D eigenvalue weighted by Gasteiger charge is -2.26. The standard InChI is InChI=1S/C12H13ClN6/c13-9-3-1-8(2-4-9)6-19-12-10(5-17-19)11(18-14)15-7-16-12/h1-5,7,10,12H,6,14H2,(H,15,16,18)/t10-,12+/m0/s1. The summed E-state index contributed by atoms with van der Waals surface area (Å²) < 4.78 is 0. The number of fused-ring (bicyclic) bond motifs is 1. The number of halogens is 1. The van der Waals surface area contributed by atoms with E-state index in [-0.39, 0.29) is 12.1 Å². The van der Waals surface area contributed by atoms with Gasteiger partial charge in [-0.05, 0) is 17.7 Å². The van der Waals surface area contributed by atoms with Crippen LogP contribution in [0.2, 0.25) is 5.02 Å². The molecule has 0 aliphatic carbocycles. The molecule has 98 valence electrons. The summed E-state index contributed by atoms with van der Waals surface area (Å²) in [4.78, 5) is 8.45. The molecule has 2 aliphatic rings. The number of rotatable bonds is 2. The monoisotopic (exact) mass is 276 g/mol. The fourth-order valence-corrected chi connectivity index (χ4v) is 2.29. The second kappa shape index (κ2) is 4.99. The highest BCUT2D eigenvalue weighted by Crippen LogP contribution is 2.24. The molecule has 0 bridgehead atoms. The molecular weight excluding hydrogens is 264 g/mol. The maximum Gasteiger partial charge on any atom is 0.154 e. The summed E-state index contributed by atoms with van der Waals surface area (Å²) in [5, 5.41) is 7.02. The van der Waals surface area contributed by atoms with Crippen LogP contribution in [0.5, 0.6) is 0 Å². The van der Waals surface area contributed by atoms with Crippen molar-refractivity contribution in [1.82, 2.24) is 10.4 Å². The van der Waals surface area contributed by atoms with E-state index in [1.807, 2.05) is 35.5 Å². The summed E-state index contributed by atoms with van der Waals surface area (Å²) in [6.45, 7) is 0.671. The van der Waals surface area contributed by atoms with Crippen LogP contribution >= 0.6 is 11.6 Å². The summed E-state index contributed by atoms with van der Waals surface area (Å²) in [5.41, 5.74) is 3.72. The third-order valence-corrected chi connectivity index (χ3v) is 3.39. The zero-order chi connectivity index (χ0) is 13.2. The lowest BCUT2D eigenvalue weighted by Crippen LogP contribution is -2.45. The number of benzene rings is 1. The van der Waals surface area contributed by atoms with Crippen molar-refractivity contribution in [3.63, 3.8) is 0 Å². The molecule has 0 radical (unpaired) electrons. The van der Waals surface area contributed by atoms with Gasteiger partial charge in [-0.3, -0.25) is 5.01 Å². The molecule has 0 saturated carbocycles. The van der Waals surface area contributed by atoms with Gasteiger partial charge in [-0.15, -0.1) is 0 Å². The van der Waals surface area contributed by atoms with Crippen molar-refractivity contribution < 1.29 is 0 Å². The Bertz CT molecular complexity index is 550. The van der Waals surface area contributed by atoms with E-state index in [1.165, 1.54) is 6.34 Å². The van der Waals surface area contributed by atoms with Gasteiger partial charge in [0, 0.05) is 11.2 Å². The molecule has 3 N–H and O–H groups in total. The third kappa shape index (κ3) is 2.32. The minimum Gasteiger partial charge on any atom is -0.311 e. The van der Waals surface area contributed by atoms with Gasteiger partial charge in [0.25, 0.3) is 0 Å². The van der Waals surface area contributed by atoms with Crippen molar-refractivity contribution >= 4 is 30.0 Å². The molecule has 0 unspecified atom stereocenters. The average Bonchev–Trinajstić information content (AvgIpc) is 2.84. The van der Waals surface area contributed by atoms with Gasteiger partial charge in [0.05, 0.1) is 12.5 Å². The van der Waals surface area contributed by atoms with E-state index in [9.17, 15) is 0 Å². The predicted octanol–water partition coefficient (Wildman–Crippen LogP) is 0.987. The number of hydrogen-bond donors (Lipinski definition) is 2. The number of nitrogens with two attached hydrogens (primary N) is 1. The van der Waals surface area contributed by atoms with Gasteiger partial charge in [0.15, 0.2) is 6.17 Å². The van der Waals surface area contributed by atoms with E-state index in [0.29, 0.717) is 12.4 Å². The van der Waals surface area contributed by atoms with Gasteiger partial charge in [0.1, 0.15) is 12.2 Å². The van der Waals surface area contributed by atoms with Gasteiger partial charge < -0.3 is 5.43 Å². The zero-order valence-corrected chi connectivity index (χ0v) is 10.8. The molecule has 1 aromatic carbocycles. The van der Waals surface area contributed by atoms with Gasteiger partial charge in [-0.2, -0.15) is 5.10 Å². The Morgan fingerprint density at radius 1 is 1.32 bits per heavy atom. The average molecular weight is 277 g/mol. The second-order valence-corrected chi connectivity index (χ2v) is 4.79. The van der Waals surface area contributed by atoms with Crippen molar-refractivity contribution in [1.29, 1.82) is 0 Å². The highest BCUT2D eigenvalue weighted by molar-refractivity contribution is 6.30. The van der Waals surface area contributed by atoms with Crippen molar-refractivity contribution in [2.75, 3.05) is 0 Å². The highest BCUT2D eigenvalue weighted by Gasteiger charge is 2.35. The zero-order valence-electron chi connectivity index (χ0n) is 10.1. The van der Waals surface area contributed by atoms with Crippen LogP contribution < -0.4 is 11.3 Å². The van der Waals surface area contributed by atoms with Crippen LogP contribution in [0.1, 0.15) is 5.56 Å². The van der Waals surface area contributed by atoms with Crippen LogP contribution in [-0.4, -0.2) is 29.6 Å². The van der Waals surface area contributed by atoms with Crippen molar-refractivity contribution in [2.24, 2.45) is 26.8 Å². The molecule has 0 aromatic heterocycles. The van der Waals surface area contributed by atoms with E-state index in [0.717, 1.165) is 10.6 Å². The van der Waals surface area contributed by atoms with Gasteiger partial charge in [0.2, 0.25) is 0 Å². The van der Waals surface area contributed by atoms with Crippen LogP contribution in [0.25, 0.3) is 0 Å². The molecule has 3 rings (SSSR count). The number of hydrazone groups is 1. The van der Waals surface area contributed by atoms with E-state index >= 15 is 0 Å². The fourth-order valence-electron chi connectivity index (χ4n) is 2.16. The van der Waals surface area contributed by atoms with Crippen LogP contribution in [0.15, 0.2) is 39.4 Å². The van der Waals surface area contributed by atoms with Crippen LogP contribution in [0.3, 0.4) is 0 Å². The Kier molecular flexibility index (Phi) is 3.18. The fraction of sp³-hybridized carbons (Fsp3) is 0.250. The number of hydrazine groups is 1. The molecule has 7 heteroatoms. The summed E-state index contributed by atoms with van der Waals surface area (Å²) in [6.07, 6.45) is 3.24. The number of hydrogen-bond acceptors (Lipinski definition) is 6. The van der Waals surface area contributed by atoms with Gasteiger partial charge >= 0.3 is 0 Å². The summed E-state index contributed by atoms with van der Waals surface area (Å²) in [6, 6.07) is 7.70. The molecular formula is C12H13ClN6. The van der Waals surface area contributed by atoms with Crippen LogP contribution in [0, 0.1) is 5.92 Å². The molecule has 2 atom stereocenters. The van der Waals surface area contributed by atoms with Crippen molar-refractivity contribution in [3.05, 3.63) is 34.9 Å². The van der Waals surface area contributed by atoms with Gasteiger partial charge in [-0.1, -0.05) is 23.7 Å². The van der Waals surface area contributed by atoms with E-state index in [1.54, 1.807) is 0 Å². The minimum absolute atomic E-state index is 0.0118. The Morgan fingerprint density at radius 2 is 2.11 bits per heavy atom. The van der Waals surface area contributed by atoms with E-state index in [4.69, 9.17) is 17.4 Å². The Morgan fingerprint density at radius 3 is 2.84 bits per heavy atom. The largest absolute Gasteiger partial charge is 0.311 e. The normalized spacial score (nSPS) is 24.3. The highest BCUT2D eigenvalue weighted by atomic mass is 35.5. The molecule has 0 amide bonds. The second-order valence-electron chi connectivity index (χ2n) is 4.35.